The largest absolute Gasteiger partial charge is 0.468 e. The van der Waals surface area contributed by atoms with E-state index in [-0.39, 0.29) is 23.1 Å². The Bertz CT molecular complexity index is 679. The molecule has 0 aliphatic rings. The lowest BCUT2D eigenvalue weighted by Crippen LogP contribution is -2.15. The Morgan fingerprint density at radius 3 is 2.64 bits per heavy atom. The quantitative estimate of drug-likeness (QED) is 0.671. The minimum atomic E-state index is -0.613. The first-order chi connectivity index (χ1) is 10.6. The highest BCUT2D eigenvalue weighted by atomic mass is 32.2. The molecule has 6 nitrogen and oxygen atoms in total. The van der Waals surface area contributed by atoms with Gasteiger partial charge in [0.1, 0.15) is 10.8 Å². The van der Waals surface area contributed by atoms with Crippen molar-refractivity contribution in [3.8, 4) is 0 Å². The van der Waals surface area contributed by atoms with Crippen LogP contribution in [0.25, 0.3) is 0 Å². The molecule has 0 bridgehead atoms. The molecule has 0 atom stereocenters. The Kier molecular flexibility index (Phi) is 5.42. The number of anilines is 1. The van der Waals surface area contributed by atoms with E-state index in [0.717, 1.165) is 11.8 Å². The molecule has 0 radical (unpaired) electrons. The molecule has 1 aromatic carbocycles. The van der Waals surface area contributed by atoms with Gasteiger partial charge in [-0.05, 0) is 24.3 Å². The van der Waals surface area contributed by atoms with Crippen molar-refractivity contribution in [3.05, 3.63) is 47.8 Å². The number of rotatable bonds is 5. The van der Waals surface area contributed by atoms with Crippen LogP contribution >= 0.6 is 11.8 Å². The Balaban J connectivity index is 1.98. The predicted molar refractivity (Wildman–Crippen MR) is 79.1 cm³/mol. The van der Waals surface area contributed by atoms with Gasteiger partial charge in [-0.1, -0.05) is 23.9 Å². The third kappa shape index (κ3) is 4.26. The number of carbonyl (C=O) groups excluding carboxylic acids is 2. The third-order valence-electron chi connectivity index (χ3n) is 2.57. The molecule has 1 amide bonds. The van der Waals surface area contributed by atoms with Crippen LogP contribution in [0.2, 0.25) is 0 Å². The van der Waals surface area contributed by atoms with Crippen molar-refractivity contribution in [2.45, 2.75) is 5.03 Å². The van der Waals surface area contributed by atoms with Gasteiger partial charge in [-0.3, -0.25) is 9.59 Å². The summed E-state index contributed by atoms with van der Waals surface area (Å²) in [7, 11) is 1.30. The average Bonchev–Trinajstić information content (AvgIpc) is 2.54. The number of hydrogen-bond acceptors (Lipinski definition) is 6. The van der Waals surface area contributed by atoms with Crippen molar-refractivity contribution < 1.29 is 18.7 Å². The maximum Gasteiger partial charge on any atom is 0.316 e. The van der Waals surface area contributed by atoms with Crippen LogP contribution in [-0.4, -0.2) is 34.9 Å². The minimum Gasteiger partial charge on any atom is -0.468 e. The number of esters is 1. The van der Waals surface area contributed by atoms with Crippen molar-refractivity contribution in [2.24, 2.45) is 0 Å². The molecular formula is C14H12FN3O3S. The maximum atomic E-state index is 13.5. The summed E-state index contributed by atoms with van der Waals surface area (Å²) in [5.41, 5.74) is -0.0755. The normalized spacial score (nSPS) is 10.1. The third-order valence-corrected chi connectivity index (χ3v) is 3.46. The highest BCUT2D eigenvalue weighted by Gasteiger charge is 2.12. The monoisotopic (exact) mass is 321 g/mol. The Morgan fingerprint density at radius 1 is 1.23 bits per heavy atom. The van der Waals surface area contributed by atoms with Crippen LogP contribution in [0.5, 0.6) is 0 Å². The molecule has 1 heterocycles. The number of carbonyl (C=O) groups is 2. The van der Waals surface area contributed by atoms with E-state index < -0.39 is 11.7 Å². The Labute approximate surface area is 130 Å². The van der Waals surface area contributed by atoms with Crippen LogP contribution < -0.4 is 5.32 Å². The van der Waals surface area contributed by atoms with Gasteiger partial charge in [0, 0.05) is 0 Å². The summed E-state index contributed by atoms with van der Waals surface area (Å²) in [6.07, 6.45) is 0. The molecule has 0 spiro atoms. The lowest BCUT2D eigenvalue weighted by molar-refractivity contribution is -0.137. The zero-order valence-corrected chi connectivity index (χ0v) is 12.4. The van der Waals surface area contributed by atoms with Gasteiger partial charge in [0.15, 0.2) is 5.82 Å². The van der Waals surface area contributed by atoms with E-state index in [1.807, 2.05) is 0 Å². The van der Waals surface area contributed by atoms with Crippen LogP contribution in [0, 0.1) is 5.82 Å². The second kappa shape index (κ2) is 7.51. The summed E-state index contributed by atoms with van der Waals surface area (Å²) < 4.78 is 18.0. The number of nitrogens with zero attached hydrogens (tertiary/aromatic N) is 2. The Hall–Kier alpha value is -2.48. The van der Waals surface area contributed by atoms with Gasteiger partial charge in [-0.15, -0.1) is 10.2 Å². The summed E-state index contributed by atoms with van der Waals surface area (Å²) in [5, 5.41) is 10.6. The number of hydrogen-bond donors (Lipinski definition) is 1. The highest BCUT2D eigenvalue weighted by molar-refractivity contribution is 7.99. The molecule has 22 heavy (non-hydrogen) atoms. The number of halogens is 1. The molecule has 1 N–H and O–H groups in total. The number of ether oxygens (including phenoxy) is 1. The molecule has 8 heteroatoms. The van der Waals surface area contributed by atoms with Crippen LogP contribution in [0.3, 0.4) is 0 Å². The lowest BCUT2D eigenvalue weighted by atomic mass is 10.2. The molecule has 0 saturated heterocycles. The van der Waals surface area contributed by atoms with Crippen LogP contribution in [0.1, 0.15) is 10.4 Å². The lowest BCUT2D eigenvalue weighted by Gasteiger charge is -2.05. The fraction of sp³-hybridized carbons (Fsp3) is 0.143. The number of thioether (sulfide) groups is 1. The fourth-order valence-corrected chi connectivity index (χ4v) is 2.13. The second-order valence-corrected chi connectivity index (χ2v) is 5.05. The minimum absolute atomic E-state index is 0.0755. The van der Waals surface area contributed by atoms with Gasteiger partial charge in [0.25, 0.3) is 5.91 Å². The first-order valence-corrected chi connectivity index (χ1v) is 7.18. The average molecular weight is 321 g/mol. The zero-order valence-electron chi connectivity index (χ0n) is 11.6. The zero-order chi connectivity index (χ0) is 15.9. The van der Waals surface area contributed by atoms with E-state index in [4.69, 9.17) is 0 Å². The predicted octanol–water partition coefficient (Wildman–Crippen LogP) is 2.13. The van der Waals surface area contributed by atoms with Crippen molar-refractivity contribution in [3.63, 3.8) is 0 Å². The van der Waals surface area contributed by atoms with E-state index in [9.17, 15) is 14.0 Å². The van der Waals surface area contributed by atoms with Crippen LogP contribution in [-0.2, 0) is 9.53 Å². The molecule has 2 rings (SSSR count). The van der Waals surface area contributed by atoms with Gasteiger partial charge < -0.3 is 10.1 Å². The maximum absolute atomic E-state index is 13.5. The Morgan fingerprint density at radius 2 is 2.00 bits per heavy atom. The van der Waals surface area contributed by atoms with E-state index in [2.05, 4.69) is 20.3 Å². The molecule has 0 aliphatic heterocycles. The molecule has 1 aromatic heterocycles. The van der Waals surface area contributed by atoms with Gasteiger partial charge in [-0.25, -0.2) is 4.39 Å². The molecule has 114 valence electrons. The second-order valence-electron chi connectivity index (χ2n) is 4.06. The van der Waals surface area contributed by atoms with E-state index in [1.54, 1.807) is 12.1 Å². The number of aromatic nitrogens is 2. The van der Waals surface area contributed by atoms with Crippen LogP contribution in [0.4, 0.5) is 10.2 Å². The van der Waals surface area contributed by atoms with Crippen molar-refractivity contribution in [1.82, 2.24) is 10.2 Å². The van der Waals surface area contributed by atoms with Gasteiger partial charge in [0.2, 0.25) is 0 Å². The number of methoxy groups -OCH3 is 1. The highest BCUT2D eigenvalue weighted by Crippen LogP contribution is 2.16. The molecule has 0 unspecified atom stereocenters. The van der Waals surface area contributed by atoms with Crippen molar-refractivity contribution >= 4 is 29.5 Å². The van der Waals surface area contributed by atoms with E-state index in [0.29, 0.717) is 5.03 Å². The number of benzene rings is 1. The van der Waals surface area contributed by atoms with Crippen molar-refractivity contribution in [1.29, 1.82) is 0 Å². The smallest absolute Gasteiger partial charge is 0.316 e. The molecule has 0 saturated carbocycles. The number of nitrogens with one attached hydrogen (secondary N) is 1. The molecule has 2 aromatic rings. The van der Waals surface area contributed by atoms with E-state index >= 15 is 0 Å². The summed E-state index contributed by atoms with van der Waals surface area (Å²) >= 11 is 1.16. The summed E-state index contributed by atoms with van der Waals surface area (Å²) in [4.78, 5) is 22.9. The van der Waals surface area contributed by atoms with Crippen LogP contribution in [0.15, 0.2) is 41.4 Å². The SMILES string of the molecule is COC(=O)CSc1ccc(NC(=O)c2ccccc2F)nn1. The number of amides is 1. The standard InChI is InChI=1S/C14H12FN3O3S/c1-21-13(19)8-22-12-7-6-11(17-18-12)16-14(20)9-4-2-3-5-10(9)15/h2-7H,8H2,1H3,(H,16,17,20). The molecular weight excluding hydrogens is 309 g/mol. The summed E-state index contributed by atoms with van der Waals surface area (Å²) in [6.45, 7) is 0. The molecule has 0 aliphatic carbocycles. The first kappa shape index (κ1) is 15.9. The summed E-state index contributed by atoms with van der Waals surface area (Å²) in [6, 6.07) is 8.75. The van der Waals surface area contributed by atoms with Gasteiger partial charge in [0.05, 0.1) is 18.4 Å². The fourth-order valence-electron chi connectivity index (χ4n) is 1.48. The molecule has 0 fully saturated rings. The van der Waals surface area contributed by atoms with Crippen molar-refractivity contribution in [2.75, 3.05) is 18.2 Å². The van der Waals surface area contributed by atoms with Gasteiger partial charge in [-0.2, -0.15) is 0 Å². The summed E-state index contributed by atoms with van der Waals surface area (Å²) in [5.74, 6) is -1.29. The van der Waals surface area contributed by atoms with E-state index in [1.165, 1.54) is 31.4 Å². The first-order valence-electron chi connectivity index (χ1n) is 6.19. The van der Waals surface area contributed by atoms with Gasteiger partial charge >= 0.3 is 5.97 Å². The topological polar surface area (TPSA) is 81.2 Å².